The Bertz CT molecular complexity index is 350. The maximum atomic E-state index is 11.2. The van der Waals surface area contributed by atoms with Crippen molar-refractivity contribution in [1.29, 1.82) is 0 Å². The van der Waals surface area contributed by atoms with E-state index in [2.05, 4.69) is 13.8 Å². The van der Waals surface area contributed by atoms with Crippen LogP contribution in [0.4, 0.5) is 0 Å². The number of hydrogen-bond donors (Lipinski definition) is 1. The molecule has 0 saturated carbocycles. The largest absolute Gasteiger partial charge is 0.756 e. The van der Waals surface area contributed by atoms with Gasteiger partial charge in [-0.25, -0.2) is 0 Å². The number of phosphoric acid groups is 1. The van der Waals surface area contributed by atoms with Crippen molar-refractivity contribution >= 4 is 19.8 Å². The van der Waals surface area contributed by atoms with Gasteiger partial charge in [-0.3, -0.25) is 14.2 Å². The number of ether oxygens (including phenoxy) is 2. The number of hydrogen-bond acceptors (Lipinski definition) is 9. The van der Waals surface area contributed by atoms with Gasteiger partial charge in [0, 0.05) is 20.4 Å². The molecule has 0 aromatic rings. The van der Waals surface area contributed by atoms with Crippen molar-refractivity contribution in [3.05, 3.63) is 0 Å². The van der Waals surface area contributed by atoms with Gasteiger partial charge in [0.1, 0.15) is 6.61 Å². The van der Waals surface area contributed by atoms with Crippen molar-refractivity contribution in [3.63, 3.8) is 0 Å². The zero-order chi connectivity index (χ0) is 14.9. The summed E-state index contributed by atoms with van der Waals surface area (Å²) in [6.07, 6.45) is -1.04. The van der Waals surface area contributed by atoms with E-state index in [1.165, 1.54) is 0 Å². The Kier molecular flexibility index (Phi) is 19.7. The fraction of sp³-hybridized carbons (Fsp3) is 0.833. The average Bonchev–Trinajstić information content (AvgIpc) is 2.29. The third-order valence-corrected chi connectivity index (χ3v) is 2.56. The predicted molar refractivity (Wildman–Crippen MR) is 80.9 cm³/mol. The standard InChI is InChI=1S/C9H18NO8P.3CH4/c1-7(11)15-5-9(18-8(2)12)6-17-19(13,14)16-4-3-10;;;/h9H,3-6,10H2,1-2H3,(H,13,14);3*1H4/p-1. The molecule has 0 heterocycles. The van der Waals surface area contributed by atoms with Crippen LogP contribution in [0.3, 0.4) is 0 Å². The number of nitrogens with two attached hydrogens (primary N) is 1. The zero-order valence-corrected chi connectivity index (χ0v) is 11.6. The number of carbonyl (C=O) groups excluding carboxylic acids is 2. The molecular weight excluding hydrogens is 317 g/mol. The Labute approximate surface area is 132 Å². The molecule has 0 radical (unpaired) electrons. The molecule has 2 N–H and O–H groups in total. The van der Waals surface area contributed by atoms with E-state index in [0.29, 0.717) is 0 Å². The zero-order valence-electron chi connectivity index (χ0n) is 10.7. The van der Waals surface area contributed by atoms with E-state index >= 15 is 0 Å². The number of esters is 2. The normalized spacial score (nSPS) is 13.3. The molecule has 0 aliphatic carbocycles. The van der Waals surface area contributed by atoms with Crippen molar-refractivity contribution in [2.45, 2.75) is 42.2 Å². The highest BCUT2D eigenvalue weighted by atomic mass is 31.2. The van der Waals surface area contributed by atoms with Crippen LogP contribution in [0.25, 0.3) is 0 Å². The summed E-state index contributed by atoms with van der Waals surface area (Å²) in [6.45, 7) is 1.25. The van der Waals surface area contributed by atoms with Gasteiger partial charge < -0.3 is 29.1 Å². The molecule has 0 aromatic heterocycles. The molecule has 0 aliphatic rings. The minimum Gasteiger partial charge on any atom is -0.756 e. The quantitative estimate of drug-likeness (QED) is 0.475. The second-order valence-electron chi connectivity index (χ2n) is 3.40. The van der Waals surface area contributed by atoms with Gasteiger partial charge in [-0.2, -0.15) is 0 Å². The third-order valence-electron chi connectivity index (χ3n) is 1.59. The highest BCUT2D eigenvalue weighted by Gasteiger charge is 2.18. The molecule has 0 saturated heterocycles. The third kappa shape index (κ3) is 17.1. The molecule has 0 rings (SSSR count). The minimum atomic E-state index is -4.52. The molecule has 9 nitrogen and oxygen atoms in total. The van der Waals surface area contributed by atoms with E-state index in [1.54, 1.807) is 0 Å². The monoisotopic (exact) mass is 346 g/mol. The first-order valence-electron chi connectivity index (χ1n) is 5.37. The Morgan fingerprint density at radius 3 is 2.05 bits per heavy atom. The molecule has 0 aliphatic heterocycles. The summed E-state index contributed by atoms with van der Waals surface area (Å²) in [5, 5.41) is 0. The second kappa shape index (κ2) is 14.9. The maximum Gasteiger partial charge on any atom is 0.303 e. The van der Waals surface area contributed by atoms with E-state index < -0.39 is 32.5 Å². The minimum absolute atomic E-state index is 0. The molecule has 0 fully saturated rings. The molecule has 2 atom stereocenters. The lowest BCUT2D eigenvalue weighted by molar-refractivity contribution is -0.228. The van der Waals surface area contributed by atoms with E-state index in [1.807, 2.05) is 0 Å². The van der Waals surface area contributed by atoms with Gasteiger partial charge in [0.05, 0.1) is 13.2 Å². The smallest absolute Gasteiger partial charge is 0.303 e. The van der Waals surface area contributed by atoms with Gasteiger partial charge in [-0.1, -0.05) is 22.3 Å². The summed E-state index contributed by atoms with van der Waals surface area (Å²) in [4.78, 5) is 32.6. The molecule has 0 spiro atoms. The van der Waals surface area contributed by atoms with E-state index in [4.69, 9.17) is 10.5 Å². The van der Waals surface area contributed by atoms with Crippen molar-refractivity contribution in [2.24, 2.45) is 5.73 Å². The Hall–Kier alpha value is -0.990. The first-order chi connectivity index (χ1) is 8.76. The number of carbonyl (C=O) groups is 2. The van der Waals surface area contributed by atoms with Gasteiger partial charge in [0.2, 0.25) is 0 Å². The number of phosphoric ester groups is 1. The molecule has 0 aromatic carbocycles. The molecule has 10 heteroatoms. The van der Waals surface area contributed by atoms with Crippen molar-refractivity contribution in [1.82, 2.24) is 0 Å². The SMILES string of the molecule is C.C.C.CC(=O)OCC(COP(=O)([O-])OCCN)OC(C)=O. The van der Waals surface area contributed by atoms with Gasteiger partial charge in [-0.15, -0.1) is 0 Å². The van der Waals surface area contributed by atoms with Gasteiger partial charge in [0.15, 0.2) is 6.10 Å². The number of rotatable bonds is 9. The first kappa shape index (κ1) is 29.1. The van der Waals surface area contributed by atoms with E-state index in [0.717, 1.165) is 13.8 Å². The summed E-state index contributed by atoms with van der Waals surface area (Å²) in [5.41, 5.74) is 5.07. The second-order valence-corrected chi connectivity index (χ2v) is 4.81. The average molecular weight is 346 g/mol. The topological polar surface area (TPSA) is 137 Å². The molecule has 0 amide bonds. The van der Waals surface area contributed by atoms with Crippen LogP contribution in [0.5, 0.6) is 0 Å². The van der Waals surface area contributed by atoms with Crippen LogP contribution < -0.4 is 10.6 Å². The van der Waals surface area contributed by atoms with Gasteiger partial charge in [0.25, 0.3) is 7.82 Å². The first-order valence-corrected chi connectivity index (χ1v) is 6.83. The molecule has 22 heavy (non-hydrogen) atoms. The predicted octanol–water partition coefficient (Wildman–Crippen LogP) is 0.850. The van der Waals surface area contributed by atoms with Crippen LogP contribution >= 0.6 is 7.82 Å². The molecule has 2 unspecified atom stereocenters. The molecular formula is C12H29NO8P-. The summed E-state index contributed by atoms with van der Waals surface area (Å²) in [7, 11) is -4.52. The van der Waals surface area contributed by atoms with Crippen LogP contribution in [-0.2, 0) is 32.7 Å². The lowest BCUT2D eigenvalue weighted by atomic mass is 10.4. The fourth-order valence-corrected chi connectivity index (χ4v) is 1.69. The molecule has 136 valence electrons. The maximum absolute atomic E-state index is 11.2. The Balaban J connectivity index is -0.000000540. The van der Waals surface area contributed by atoms with Crippen LogP contribution in [0.15, 0.2) is 0 Å². The fourth-order valence-electron chi connectivity index (χ4n) is 0.937. The van der Waals surface area contributed by atoms with Crippen molar-refractivity contribution in [2.75, 3.05) is 26.4 Å². The summed E-state index contributed by atoms with van der Waals surface area (Å²) in [5.74, 6) is -1.26. The van der Waals surface area contributed by atoms with Crippen LogP contribution in [0, 0.1) is 0 Å². The van der Waals surface area contributed by atoms with Crippen LogP contribution in [0.1, 0.15) is 36.1 Å². The van der Waals surface area contributed by atoms with Crippen LogP contribution in [-0.4, -0.2) is 44.4 Å². The van der Waals surface area contributed by atoms with E-state index in [-0.39, 0.29) is 42.0 Å². The molecule has 0 bridgehead atoms. The highest BCUT2D eigenvalue weighted by Crippen LogP contribution is 2.37. The summed E-state index contributed by atoms with van der Waals surface area (Å²) >= 11 is 0. The van der Waals surface area contributed by atoms with Gasteiger partial charge >= 0.3 is 11.9 Å². The summed E-state index contributed by atoms with van der Waals surface area (Å²) < 4.78 is 29.4. The Morgan fingerprint density at radius 1 is 1.09 bits per heavy atom. The summed E-state index contributed by atoms with van der Waals surface area (Å²) in [6, 6.07) is 0. The van der Waals surface area contributed by atoms with Gasteiger partial charge in [-0.05, 0) is 0 Å². The lowest BCUT2D eigenvalue weighted by Gasteiger charge is -2.25. The lowest BCUT2D eigenvalue weighted by Crippen LogP contribution is -2.29. The van der Waals surface area contributed by atoms with E-state index in [9.17, 15) is 19.0 Å². The highest BCUT2D eigenvalue weighted by molar-refractivity contribution is 7.45. The van der Waals surface area contributed by atoms with Crippen LogP contribution in [0.2, 0.25) is 0 Å². The van der Waals surface area contributed by atoms with Crippen molar-refractivity contribution < 1.29 is 37.6 Å². The van der Waals surface area contributed by atoms with Crippen molar-refractivity contribution in [3.8, 4) is 0 Å². The Morgan fingerprint density at radius 2 is 1.64 bits per heavy atom.